The van der Waals surface area contributed by atoms with Crippen molar-refractivity contribution in [1.29, 1.82) is 0 Å². The Morgan fingerprint density at radius 1 is 1.27 bits per heavy atom. The van der Waals surface area contributed by atoms with E-state index in [0.717, 1.165) is 31.1 Å². The second-order valence-electron chi connectivity index (χ2n) is 8.29. The largest absolute Gasteiger partial charge is 0.396 e. The highest BCUT2D eigenvalue weighted by Crippen LogP contribution is 2.62. The molecule has 4 rings (SSSR count). The second-order valence-corrected chi connectivity index (χ2v) is 8.29. The summed E-state index contributed by atoms with van der Waals surface area (Å²) >= 11 is 0. The first kappa shape index (κ1) is 14.7. The zero-order valence-electron chi connectivity index (χ0n) is 13.6. The fourth-order valence-electron chi connectivity index (χ4n) is 6.39. The highest BCUT2D eigenvalue weighted by atomic mass is 16.3. The topological polar surface area (TPSA) is 37.3 Å². The van der Waals surface area contributed by atoms with Crippen LogP contribution < -0.4 is 0 Å². The van der Waals surface area contributed by atoms with Crippen LogP contribution in [0.3, 0.4) is 0 Å². The number of hydrogen-bond donors (Lipinski definition) is 1. The number of aliphatic hydroxyl groups is 1. The van der Waals surface area contributed by atoms with E-state index in [-0.39, 0.29) is 0 Å². The number of hydrogen-bond acceptors (Lipinski definition) is 2. The van der Waals surface area contributed by atoms with Crippen LogP contribution in [0.4, 0.5) is 0 Å². The quantitative estimate of drug-likeness (QED) is 0.839. The zero-order chi connectivity index (χ0) is 15.3. The lowest BCUT2D eigenvalue weighted by Crippen LogP contribution is -2.45. The van der Waals surface area contributed by atoms with Gasteiger partial charge in [-0.3, -0.25) is 4.79 Å². The van der Waals surface area contributed by atoms with E-state index < -0.39 is 0 Å². The molecule has 1 N–H and O–H groups in total. The Kier molecular flexibility index (Phi) is 3.56. The molecule has 0 radical (unpaired) electrons. The Bertz CT molecular complexity index is 532. The molecule has 120 valence electrons. The molecule has 0 amide bonds. The van der Waals surface area contributed by atoms with Crippen LogP contribution in [0.5, 0.6) is 0 Å². The summed E-state index contributed by atoms with van der Waals surface area (Å²) in [6.07, 6.45) is 14.7. The van der Waals surface area contributed by atoms with Gasteiger partial charge in [-0.1, -0.05) is 19.1 Å². The highest BCUT2D eigenvalue weighted by molar-refractivity contribution is 5.91. The first-order chi connectivity index (χ1) is 10.6. The first-order valence-corrected chi connectivity index (χ1v) is 9.17. The molecule has 2 fully saturated rings. The SMILES string of the molecule is C[C@]12CCC3C4CCC(=O)C=C4C=CC3C1CC[C@@H]2CCO. The van der Waals surface area contributed by atoms with Gasteiger partial charge < -0.3 is 5.11 Å². The molecule has 0 aliphatic heterocycles. The van der Waals surface area contributed by atoms with Crippen molar-refractivity contribution in [3.63, 3.8) is 0 Å². The van der Waals surface area contributed by atoms with Crippen molar-refractivity contribution in [2.24, 2.45) is 35.0 Å². The maximum absolute atomic E-state index is 11.7. The molecule has 0 bridgehead atoms. The van der Waals surface area contributed by atoms with E-state index in [0.29, 0.717) is 35.6 Å². The van der Waals surface area contributed by atoms with Gasteiger partial charge in [0.1, 0.15) is 0 Å². The molecule has 0 aromatic carbocycles. The van der Waals surface area contributed by atoms with E-state index in [2.05, 4.69) is 19.1 Å². The summed E-state index contributed by atoms with van der Waals surface area (Å²) in [5.74, 6) is 3.92. The molecule has 2 heteroatoms. The third kappa shape index (κ3) is 2.06. The number of carbonyl (C=O) groups excluding carboxylic acids is 1. The predicted molar refractivity (Wildman–Crippen MR) is 87.2 cm³/mol. The minimum absolute atomic E-state index is 0.318. The summed E-state index contributed by atoms with van der Waals surface area (Å²) in [4.78, 5) is 11.7. The van der Waals surface area contributed by atoms with Crippen molar-refractivity contribution >= 4 is 5.78 Å². The van der Waals surface area contributed by atoms with Gasteiger partial charge >= 0.3 is 0 Å². The molecular formula is C20H28O2. The minimum Gasteiger partial charge on any atom is -0.396 e. The normalized spacial score (nSPS) is 46.7. The molecule has 0 heterocycles. The molecular weight excluding hydrogens is 272 g/mol. The van der Waals surface area contributed by atoms with E-state index in [1.807, 2.05) is 6.08 Å². The summed E-state index contributed by atoms with van der Waals surface area (Å²) in [5.41, 5.74) is 1.74. The van der Waals surface area contributed by atoms with Gasteiger partial charge in [0.15, 0.2) is 5.78 Å². The molecule has 0 aromatic heterocycles. The van der Waals surface area contributed by atoms with Gasteiger partial charge in [-0.15, -0.1) is 0 Å². The maximum Gasteiger partial charge on any atom is 0.155 e. The number of fused-ring (bicyclic) bond motifs is 5. The fourth-order valence-corrected chi connectivity index (χ4v) is 6.39. The molecule has 4 aliphatic rings. The molecule has 0 spiro atoms. The van der Waals surface area contributed by atoms with Gasteiger partial charge in [0, 0.05) is 13.0 Å². The van der Waals surface area contributed by atoms with E-state index in [9.17, 15) is 9.90 Å². The van der Waals surface area contributed by atoms with Gasteiger partial charge in [0.25, 0.3) is 0 Å². The van der Waals surface area contributed by atoms with Crippen LogP contribution in [0.1, 0.15) is 51.9 Å². The molecule has 6 atom stereocenters. The average Bonchev–Trinajstić information content (AvgIpc) is 2.84. The van der Waals surface area contributed by atoms with Gasteiger partial charge in [0.05, 0.1) is 0 Å². The van der Waals surface area contributed by atoms with Crippen LogP contribution in [0.2, 0.25) is 0 Å². The van der Waals surface area contributed by atoms with Crippen molar-refractivity contribution in [3.8, 4) is 0 Å². The standard InChI is InChI=1S/C20H28O2/c1-20-10-8-17-16-6-4-15(22)12-13(16)2-5-18(17)19(20)7-3-14(20)9-11-21/h2,5,12,14,16-19,21H,3-4,6-11H2,1H3/t14-,16?,17?,18?,19?,20-/m1/s1. The van der Waals surface area contributed by atoms with Crippen molar-refractivity contribution in [2.75, 3.05) is 6.61 Å². The summed E-state index contributed by atoms with van der Waals surface area (Å²) in [5, 5.41) is 9.39. The van der Waals surface area contributed by atoms with Crippen LogP contribution in [0, 0.1) is 35.0 Å². The Morgan fingerprint density at radius 2 is 2.14 bits per heavy atom. The molecule has 2 nitrogen and oxygen atoms in total. The maximum atomic E-state index is 11.7. The summed E-state index contributed by atoms with van der Waals surface area (Å²) in [6.45, 7) is 2.83. The number of ketones is 1. The van der Waals surface area contributed by atoms with E-state index in [1.165, 1.54) is 31.3 Å². The van der Waals surface area contributed by atoms with Gasteiger partial charge in [-0.2, -0.15) is 0 Å². The lowest BCUT2D eigenvalue weighted by Gasteiger charge is -2.52. The molecule has 2 saturated carbocycles. The van der Waals surface area contributed by atoms with Crippen LogP contribution in [-0.4, -0.2) is 17.5 Å². The van der Waals surface area contributed by atoms with Crippen molar-refractivity contribution in [2.45, 2.75) is 51.9 Å². The van der Waals surface area contributed by atoms with Gasteiger partial charge in [0.2, 0.25) is 0 Å². The Morgan fingerprint density at radius 3 is 2.95 bits per heavy atom. The van der Waals surface area contributed by atoms with Crippen LogP contribution in [0.15, 0.2) is 23.8 Å². The Hall–Kier alpha value is -0.890. The highest BCUT2D eigenvalue weighted by Gasteiger charge is 2.54. The summed E-state index contributed by atoms with van der Waals surface area (Å²) in [7, 11) is 0. The van der Waals surface area contributed by atoms with Crippen LogP contribution in [0.25, 0.3) is 0 Å². The number of carbonyl (C=O) groups is 1. The Balaban J connectivity index is 1.63. The second kappa shape index (κ2) is 5.33. The number of rotatable bonds is 2. The van der Waals surface area contributed by atoms with Crippen molar-refractivity contribution < 1.29 is 9.90 Å². The van der Waals surface area contributed by atoms with E-state index >= 15 is 0 Å². The summed E-state index contributed by atoms with van der Waals surface area (Å²) < 4.78 is 0. The molecule has 0 saturated heterocycles. The van der Waals surface area contributed by atoms with Crippen LogP contribution >= 0.6 is 0 Å². The predicted octanol–water partition coefficient (Wildman–Crippen LogP) is 3.90. The van der Waals surface area contributed by atoms with Gasteiger partial charge in [-0.25, -0.2) is 0 Å². The smallest absolute Gasteiger partial charge is 0.155 e. The molecule has 4 unspecified atom stereocenters. The molecule has 0 aromatic rings. The van der Waals surface area contributed by atoms with E-state index in [1.54, 1.807) is 0 Å². The number of aliphatic hydroxyl groups excluding tert-OH is 1. The molecule has 22 heavy (non-hydrogen) atoms. The van der Waals surface area contributed by atoms with Gasteiger partial charge in [-0.05, 0) is 85.2 Å². The van der Waals surface area contributed by atoms with Crippen molar-refractivity contribution in [3.05, 3.63) is 23.8 Å². The summed E-state index contributed by atoms with van der Waals surface area (Å²) in [6, 6.07) is 0. The molecule has 4 aliphatic carbocycles. The third-order valence-electron chi connectivity index (χ3n) is 7.54. The zero-order valence-corrected chi connectivity index (χ0v) is 13.6. The van der Waals surface area contributed by atoms with E-state index in [4.69, 9.17) is 0 Å². The van der Waals surface area contributed by atoms with Crippen molar-refractivity contribution in [1.82, 2.24) is 0 Å². The number of allylic oxidation sites excluding steroid dienone is 4. The monoisotopic (exact) mass is 300 g/mol. The average molecular weight is 300 g/mol. The fraction of sp³-hybridized carbons (Fsp3) is 0.750. The Labute approximate surface area is 133 Å². The minimum atomic E-state index is 0.318. The third-order valence-corrected chi connectivity index (χ3v) is 7.54. The lowest BCUT2D eigenvalue weighted by molar-refractivity contribution is -0.115. The lowest BCUT2D eigenvalue weighted by atomic mass is 9.53. The van der Waals surface area contributed by atoms with Crippen LogP contribution in [-0.2, 0) is 4.79 Å². The first-order valence-electron chi connectivity index (χ1n) is 9.17.